The molecule has 2 heterocycles. The second-order valence-electron chi connectivity index (χ2n) is 5.47. The van der Waals surface area contributed by atoms with Crippen LogP contribution in [-0.4, -0.2) is 41.5 Å². The maximum atomic E-state index is 13.1. The summed E-state index contributed by atoms with van der Waals surface area (Å²) >= 11 is 0. The van der Waals surface area contributed by atoms with Gasteiger partial charge in [-0.15, -0.1) is 0 Å². The summed E-state index contributed by atoms with van der Waals surface area (Å²) in [6, 6.07) is -0.172. The summed E-state index contributed by atoms with van der Waals surface area (Å²) in [5, 5.41) is 0. The number of likely N-dealkylation sites (N-methyl/N-ethyl adjacent to an activating group) is 1. The second-order valence-corrected chi connectivity index (χ2v) is 5.47. The molecule has 0 radical (unpaired) electrons. The number of fused-ring (bicyclic) bond motifs is 3. The highest BCUT2D eigenvalue weighted by Gasteiger charge is 2.58. The Balaban J connectivity index is 1.97. The van der Waals surface area contributed by atoms with Gasteiger partial charge >= 0.3 is 6.18 Å². The van der Waals surface area contributed by atoms with Crippen LogP contribution in [0.1, 0.15) is 6.42 Å². The van der Waals surface area contributed by atoms with Crippen molar-refractivity contribution in [2.24, 2.45) is 17.8 Å². The van der Waals surface area contributed by atoms with Gasteiger partial charge in [-0.05, 0) is 6.42 Å². The Kier molecular flexibility index (Phi) is 2.66. The summed E-state index contributed by atoms with van der Waals surface area (Å²) in [5.41, 5.74) is 0. The first-order chi connectivity index (χ1) is 8.89. The molecule has 19 heavy (non-hydrogen) atoms. The zero-order valence-electron chi connectivity index (χ0n) is 10.5. The predicted molar refractivity (Wildman–Crippen MR) is 62.7 cm³/mol. The number of carbonyl (C=O) groups is 1. The van der Waals surface area contributed by atoms with Gasteiger partial charge in [0.2, 0.25) is 5.91 Å². The molecule has 1 amide bonds. The Morgan fingerprint density at radius 3 is 2.74 bits per heavy atom. The summed E-state index contributed by atoms with van der Waals surface area (Å²) in [7, 11) is 1.86. The van der Waals surface area contributed by atoms with Crippen LogP contribution in [0.4, 0.5) is 13.2 Å². The molecule has 0 saturated carbocycles. The lowest BCUT2D eigenvalue weighted by Crippen LogP contribution is -2.42. The third-order valence-corrected chi connectivity index (χ3v) is 4.31. The zero-order chi connectivity index (χ0) is 13.8. The van der Waals surface area contributed by atoms with Gasteiger partial charge in [0.25, 0.3) is 0 Å². The third kappa shape index (κ3) is 1.84. The van der Waals surface area contributed by atoms with Crippen LogP contribution in [-0.2, 0) is 4.79 Å². The quantitative estimate of drug-likeness (QED) is 0.630. The van der Waals surface area contributed by atoms with E-state index >= 15 is 0 Å². The molecule has 6 heteroatoms. The van der Waals surface area contributed by atoms with E-state index in [1.54, 1.807) is 24.6 Å². The van der Waals surface area contributed by atoms with Crippen molar-refractivity contribution < 1.29 is 18.0 Å². The molecule has 1 saturated heterocycles. The van der Waals surface area contributed by atoms with Crippen molar-refractivity contribution in [2.45, 2.75) is 18.6 Å². The molecule has 3 rings (SSSR count). The fourth-order valence-electron chi connectivity index (χ4n) is 3.41. The lowest BCUT2D eigenvalue weighted by Gasteiger charge is -2.34. The van der Waals surface area contributed by atoms with Crippen molar-refractivity contribution in [3.05, 3.63) is 24.6 Å². The molecule has 3 nitrogen and oxygen atoms in total. The second kappa shape index (κ2) is 4.02. The van der Waals surface area contributed by atoms with E-state index < -0.39 is 18.0 Å². The highest BCUT2D eigenvalue weighted by Crippen LogP contribution is 2.48. The molecule has 4 unspecified atom stereocenters. The number of alkyl halides is 3. The molecule has 1 fully saturated rings. The maximum absolute atomic E-state index is 13.1. The summed E-state index contributed by atoms with van der Waals surface area (Å²) in [4.78, 5) is 15.7. The fourth-order valence-corrected chi connectivity index (χ4v) is 3.41. The first-order valence-electron chi connectivity index (χ1n) is 6.33. The van der Waals surface area contributed by atoms with Crippen molar-refractivity contribution in [2.75, 3.05) is 13.6 Å². The van der Waals surface area contributed by atoms with Gasteiger partial charge in [-0.25, -0.2) is 0 Å². The van der Waals surface area contributed by atoms with E-state index in [9.17, 15) is 18.0 Å². The van der Waals surface area contributed by atoms with Crippen LogP contribution in [0.5, 0.6) is 0 Å². The normalized spacial score (nSPS) is 37.6. The summed E-state index contributed by atoms with van der Waals surface area (Å²) in [5.74, 6) is -3.21. The third-order valence-electron chi connectivity index (χ3n) is 4.31. The SMILES string of the molecule is CN1C=CN2C(=O)C3C(C=CCC3C(F)(F)F)C2C1. The number of halogens is 3. The molecule has 0 aromatic heterocycles. The molecule has 0 spiro atoms. The molecular formula is C13H15F3N2O. The number of rotatable bonds is 0. The predicted octanol–water partition coefficient (Wildman–Crippen LogP) is 1.98. The van der Waals surface area contributed by atoms with Crippen LogP contribution in [0.25, 0.3) is 0 Å². The van der Waals surface area contributed by atoms with Crippen LogP contribution >= 0.6 is 0 Å². The Bertz CT molecular complexity index is 457. The van der Waals surface area contributed by atoms with Gasteiger partial charge in [0.15, 0.2) is 0 Å². The molecule has 0 N–H and O–H groups in total. The zero-order valence-corrected chi connectivity index (χ0v) is 10.5. The largest absolute Gasteiger partial charge is 0.392 e. The minimum Gasteiger partial charge on any atom is -0.377 e. The van der Waals surface area contributed by atoms with E-state index in [-0.39, 0.29) is 24.3 Å². The van der Waals surface area contributed by atoms with E-state index in [1.165, 1.54) is 4.90 Å². The van der Waals surface area contributed by atoms with Gasteiger partial charge < -0.3 is 9.80 Å². The average molecular weight is 272 g/mol. The number of hydrogen-bond donors (Lipinski definition) is 0. The molecule has 2 aliphatic heterocycles. The first-order valence-corrected chi connectivity index (χ1v) is 6.33. The minimum absolute atomic E-state index is 0.0868. The number of nitrogens with zero attached hydrogens (tertiary/aromatic N) is 2. The Labute approximate surface area is 109 Å². The van der Waals surface area contributed by atoms with E-state index in [0.717, 1.165) is 0 Å². The molecule has 4 atom stereocenters. The Morgan fingerprint density at radius 2 is 2.05 bits per heavy atom. The fraction of sp³-hybridized carbons (Fsp3) is 0.615. The van der Waals surface area contributed by atoms with Gasteiger partial charge in [-0.1, -0.05) is 12.2 Å². The van der Waals surface area contributed by atoms with Crippen molar-refractivity contribution >= 4 is 5.91 Å². The molecule has 104 valence electrons. The summed E-state index contributed by atoms with van der Waals surface area (Å²) in [6.07, 6.45) is 2.31. The standard InChI is InChI=1S/C13H15F3N2O/c1-17-5-6-18-10(7-17)8-3-2-4-9(13(14,15)16)11(8)12(18)19/h2-3,5-6,8-11H,4,7H2,1H3. The molecule has 0 bridgehead atoms. The molecule has 0 aromatic carbocycles. The van der Waals surface area contributed by atoms with Crippen LogP contribution in [0.15, 0.2) is 24.6 Å². The number of allylic oxidation sites excluding steroid dienone is 1. The number of amides is 1. The van der Waals surface area contributed by atoms with Crippen molar-refractivity contribution in [3.8, 4) is 0 Å². The molecule has 0 aromatic rings. The summed E-state index contributed by atoms with van der Waals surface area (Å²) < 4.78 is 39.2. The van der Waals surface area contributed by atoms with E-state index in [1.807, 2.05) is 11.9 Å². The van der Waals surface area contributed by atoms with Crippen LogP contribution < -0.4 is 0 Å². The van der Waals surface area contributed by atoms with Crippen LogP contribution in [0.2, 0.25) is 0 Å². The van der Waals surface area contributed by atoms with E-state index in [4.69, 9.17) is 0 Å². The molecular weight excluding hydrogens is 257 g/mol. The van der Waals surface area contributed by atoms with Crippen LogP contribution in [0, 0.1) is 17.8 Å². The molecule has 1 aliphatic carbocycles. The number of hydrogen-bond acceptors (Lipinski definition) is 2. The smallest absolute Gasteiger partial charge is 0.377 e. The van der Waals surface area contributed by atoms with Gasteiger partial charge in [0, 0.05) is 31.9 Å². The van der Waals surface area contributed by atoms with Crippen LogP contribution in [0.3, 0.4) is 0 Å². The Morgan fingerprint density at radius 1 is 1.32 bits per heavy atom. The lowest BCUT2D eigenvalue weighted by molar-refractivity contribution is -0.193. The first kappa shape index (κ1) is 12.6. The van der Waals surface area contributed by atoms with Gasteiger partial charge in [-0.2, -0.15) is 13.2 Å². The number of carbonyl (C=O) groups excluding carboxylic acids is 1. The van der Waals surface area contributed by atoms with Crippen molar-refractivity contribution in [1.29, 1.82) is 0 Å². The average Bonchev–Trinajstić information content (AvgIpc) is 2.62. The Hall–Kier alpha value is -1.46. The molecule has 3 aliphatic rings. The van der Waals surface area contributed by atoms with Gasteiger partial charge in [0.05, 0.1) is 17.9 Å². The monoisotopic (exact) mass is 272 g/mol. The summed E-state index contributed by atoms with van der Waals surface area (Å²) in [6.45, 7) is 0.582. The highest BCUT2D eigenvalue weighted by atomic mass is 19.4. The van der Waals surface area contributed by atoms with Crippen molar-refractivity contribution in [1.82, 2.24) is 9.80 Å². The van der Waals surface area contributed by atoms with E-state index in [2.05, 4.69) is 0 Å². The maximum Gasteiger partial charge on any atom is 0.392 e. The minimum atomic E-state index is -4.31. The topological polar surface area (TPSA) is 23.6 Å². The van der Waals surface area contributed by atoms with Crippen molar-refractivity contribution in [3.63, 3.8) is 0 Å². The van der Waals surface area contributed by atoms with Gasteiger partial charge in [0.1, 0.15) is 0 Å². The van der Waals surface area contributed by atoms with E-state index in [0.29, 0.717) is 6.54 Å². The van der Waals surface area contributed by atoms with Gasteiger partial charge in [-0.3, -0.25) is 4.79 Å². The lowest BCUT2D eigenvalue weighted by atomic mass is 9.75. The highest BCUT2D eigenvalue weighted by molar-refractivity contribution is 5.84.